The Kier molecular flexibility index (Phi) is 9.01. The lowest BCUT2D eigenvalue weighted by atomic mass is 10.1. The predicted octanol–water partition coefficient (Wildman–Crippen LogP) is 3.20. The number of phenols is 1. The quantitative estimate of drug-likeness (QED) is 0.359. The summed E-state index contributed by atoms with van der Waals surface area (Å²) in [6.07, 6.45) is 4.57. The van der Waals surface area contributed by atoms with Crippen molar-refractivity contribution >= 4 is 33.3 Å². The predicted molar refractivity (Wildman–Crippen MR) is 121 cm³/mol. The summed E-state index contributed by atoms with van der Waals surface area (Å²) in [5.41, 5.74) is 2.71. The van der Waals surface area contributed by atoms with Crippen LogP contribution in [0.3, 0.4) is 0 Å². The number of thiazole rings is 1. The highest BCUT2D eigenvalue weighted by molar-refractivity contribution is 7.99. The van der Waals surface area contributed by atoms with Crippen molar-refractivity contribution in [3.63, 3.8) is 0 Å². The number of phenolic OH excluding ortho intramolecular Hbond substituents is 1. The van der Waals surface area contributed by atoms with Crippen molar-refractivity contribution in [3.8, 4) is 5.75 Å². The fraction of sp³-hybridized carbons (Fsp3) is 0.429. The van der Waals surface area contributed by atoms with Crippen molar-refractivity contribution in [3.05, 3.63) is 57.5 Å². The van der Waals surface area contributed by atoms with E-state index in [0.29, 0.717) is 5.52 Å². The Balaban J connectivity index is 1.19. The third-order valence-corrected chi connectivity index (χ3v) is 6.47. The van der Waals surface area contributed by atoms with E-state index in [4.69, 9.17) is 4.74 Å². The molecule has 8 heteroatoms. The molecule has 0 atom stereocenters. The van der Waals surface area contributed by atoms with E-state index < -0.39 is 0 Å². The monoisotopic (exact) mass is 433 g/mol. The van der Waals surface area contributed by atoms with Crippen LogP contribution in [-0.2, 0) is 17.6 Å². The number of ether oxygens (including phenoxy) is 1. The van der Waals surface area contributed by atoms with Crippen molar-refractivity contribution in [2.75, 3.05) is 37.8 Å². The second-order valence-electron chi connectivity index (χ2n) is 6.61. The average molecular weight is 434 g/mol. The van der Waals surface area contributed by atoms with Gasteiger partial charge < -0.3 is 20.1 Å². The first-order valence-electron chi connectivity index (χ1n) is 9.84. The van der Waals surface area contributed by atoms with Crippen LogP contribution in [0.2, 0.25) is 0 Å². The van der Waals surface area contributed by atoms with Gasteiger partial charge >= 0.3 is 4.87 Å². The highest BCUT2D eigenvalue weighted by Gasteiger charge is 2.09. The molecule has 0 unspecified atom stereocenters. The second-order valence-corrected chi connectivity index (χ2v) is 8.82. The Labute approximate surface area is 178 Å². The Bertz CT molecular complexity index is 928. The maximum absolute atomic E-state index is 11.5. The summed E-state index contributed by atoms with van der Waals surface area (Å²) in [6, 6.07) is 9.49. The van der Waals surface area contributed by atoms with Crippen molar-refractivity contribution in [2.24, 2.45) is 0 Å². The molecule has 2 aromatic heterocycles. The number of hydrogen-bond acceptors (Lipinski definition) is 7. The fourth-order valence-corrected chi connectivity index (χ4v) is 4.66. The molecule has 1 aromatic carbocycles. The largest absolute Gasteiger partial charge is 0.506 e. The molecule has 0 radical (unpaired) electrons. The summed E-state index contributed by atoms with van der Waals surface area (Å²) in [6.45, 7) is 3.33. The average Bonchev–Trinajstić information content (AvgIpc) is 3.13. The number of fused-ring (bicyclic) bond motifs is 1. The number of hydrogen-bond donors (Lipinski definition) is 3. The summed E-state index contributed by atoms with van der Waals surface area (Å²) in [5.74, 6) is 2.30. The Morgan fingerprint density at radius 2 is 2.07 bits per heavy atom. The SMILES string of the molecule is O=c1[nH]c2c(O)ccc(CCNCCSCCCOCCc3ccccn3)c2s1. The molecule has 3 N–H and O–H groups in total. The minimum absolute atomic E-state index is 0.132. The third kappa shape index (κ3) is 7.15. The van der Waals surface area contributed by atoms with Crippen LogP contribution in [0.15, 0.2) is 41.3 Å². The number of nitrogens with one attached hydrogen (secondary N) is 2. The smallest absolute Gasteiger partial charge is 0.305 e. The molecule has 3 rings (SSSR count). The van der Waals surface area contributed by atoms with Crippen LogP contribution in [0.4, 0.5) is 0 Å². The first-order chi connectivity index (χ1) is 14.2. The van der Waals surface area contributed by atoms with Crippen molar-refractivity contribution in [1.82, 2.24) is 15.3 Å². The Morgan fingerprint density at radius 1 is 1.14 bits per heavy atom. The highest BCUT2D eigenvalue weighted by Crippen LogP contribution is 2.27. The molecule has 0 aliphatic heterocycles. The molecule has 29 heavy (non-hydrogen) atoms. The van der Waals surface area contributed by atoms with Crippen LogP contribution >= 0.6 is 23.1 Å². The standard InChI is InChI=1S/C21H27N3O3S2/c25-18-6-5-16(20-19(18)24-21(26)29-20)7-10-22-11-15-28-14-3-12-27-13-8-17-4-1-2-9-23-17/h1-2,4-6,9,22,25H,3,7-8,10-15H2,(H,24,26). The summed E-state index contributed by atoms with van der Waals surface area (Å²) >= 11 is 3.09. The molecule has 0 fully saturated rings. The van der Waals surface area contributed by atoms with E-state index in [1.165, 1.54) is 0 Å². The Hall–Kier alpha value is -1.87. The topological polar surface area (TPSA) is 87.2 Å². The molecule has 0 bridgehead atoms. The van der Waals surface area contributed by atoms with E-state index >= 15 is 0 Å². The fourth-order valence-electron chi connectivity index (χ4n) is 2.95. The summed E-state index contributed by atoms with van der Waals surface area (Å²) < 4.78 is 6.52. The zero-order valence-electron chi connectivity index (χ0n) is 16.4. The summed E-state index contributed by atoms with van der Waals surface area (Å²) in [5, 5.41) is 13.3. The van der Waals surface area contributed by atoms with E-state index in [1.807, 2.05) is 42.2 Å². The van der Waals surface area contributed by atoms with Gasteiger partial charge in [-0.15, -0.1) is 0 Å². The van der Waals surface area contributed by atoms with Crippen LogP contribution in [0, 0.1) is 0 Å². The van der Waals surface area contributed by atoms with Gasteiger partial charge in [-0.3, -0.25) is 9.78 Å². The molecule has 0 aliphatic carbocycles. The third-order valence-electron chi connectivity index (χ3n) is 4.44. The first-order valence-corrected chi connectivity index (χ1v) is 11.8. The van der Waals surface area contributed by atoms with Crippen LogP contribution in [0.1, 0.15) is 17.7 Å². The highest BCUT2D eigenvalue weighted by atomic mass is 32.2. The number of nitrogens with zero attached hydrogens (tertiary/aromatic N) is 1. The minimum atomic E-state index is -0.132. The van der Waals surface area contributed by atoms with Gasteiger partial charge in [-0.25, -0.2) is 0 Å². The van der Waals surface area contributed by atoms with Crippen molar-refractivity contribution < 1.29 is 9.84 Å². The molecular weight excluding hydrogens is 406 g/mol. The van der Waals surface area contributed by atoms with Crippen LogP contribution in [0.25, 0.3) is 10.2 Å². The molecule has 6 nitrogen and oxygen atoms in total. The molecule has 0 amide bonds. The number of aromatic amines is 1. The van der Waals surface area contributed by atoms with Crippen LogP contribution in [-0.4, -0.2) is 52.9 Å². The zero-order valence-corrected chi connectivity index (χ0v) is 18.0. The molecule has 2 heterocycles. The van der Waals surface area contributed by atoms with Gasteiger partial charge in [0.25, 0.3) is 0 Å². The number of aromatic hydroxyl groups is 1. The van der Waals surface area contributed by atoms with Gasteiger partial charge in [-0.05, 0) is 48.9 Å². The zero-order chi connectivity index (χ0) is 20.3. The van der Waals surface area contributed by atoms with Crippen molar-refractivity contribution in [1.29, 1.82) is 0 Å². The van der Waals surface area contributed by atoms with E-state index in [9.17, 15) is 9.90 Å². The lowest BCUT2D eigenvalue weighted by Crippen LogP contribution is -2.20. The second kappa shape index (κ2) is 12.0. The molecular formula is C21H27N3O3S2. The molecule has 0 saturated heterocycles. The van der Waals surface area contributed by atoms with Gasteiger partial charge in [0.2, 0.25) is 0 Å². The lowest BCUT2D eigenvalue weighted by molar-refractivity contribution is 0.138. The number of benzene rings is 1. The molecule has 3 aromatic rings. The van der Waals surface area contributed by atoms with E-state index in [2.05, 4.69) is 15.3 Å². The van der Waals surface area contributed by atoms with Gasteiger partial charge in [-0.2, -0.15) is 11.8 Å². The number of H-pyrrole nitrogens is 1. The number of pyridine rings is 1. The van der Waals surface area contributed by atoms with Gasteiger partial charge in [0.1, 0.15) is 11.3 Å². The maximum atomic E-state index is 11.5. The molecule has 0 spiro atoms. The van der Waals surface area contributed by atoms with E-state index in [-0.39, 0.29) is 10.6 Å². The first kappa shape index (κ1) is 21.8. The van der Waals surface area contributed by atoms with Gasteiger partial charge in [0.05, 0.1) is 11.3 Å². The van der Waals surface area contributed by atoms with E-state index in [1.54, 1.807) is 6.07 Å². The molecule has 0 saturated carbocycles. The summed E-state index contributed by atoms with van der Waals surface area (Å²) in [4.78, 5) is 18.4. The lowest BCUT2D eigenvalue weighted by Gasteiger charge is -2.07. The van der Waals surface area contributed by atoms with Crippen LogP contribution < -0.4 is 10.2 Å². The van der Waals surface area contributed by atoms with Crippen LogP contribution in [0.5, 0.6) is 5.75 Å². The normalized spacial score (nSPS) is 11.3. The Morgan fingerprint density at radius 3 is 2.93 bits per heavy atom. The van der Waals surface area contributed by atoms with Gasteiger partial charge in [-0.1, -0.05) is 23.5 Å². The van der Waals surface area contributed by atoms with Crippen molar-refractivity contribution in [2.45, 2.75) is 19.3 Å². The van der Waals surface area contributed by atoms with E-state index in [0.717, 1.165) is 84.4 Å². The summed E-state index contributed by atoms with van der Waals surface area (Å²) in [7, 11) is 0. The minimum Gasteiger partial charge on any atom is -0.506 e. The number of thioether (sulfide) groups is 1. The number of rotatable bonds is 13. The molecule has 156 valence electrons. The molecule has 0 aliphatic rings. The van der Waals surface area contributed by atoms with Gasteiger partial charge in [0.15, 0.2) is 0 Å². The van der Waals surface area contributed by atoms with Gasteiger partial charge in [0, 0.05) is 37.2 Å². The maximum Gasteiger partial charge on any atom is 0.305 e. The number of aromatic nitrogens is 2.